The largest absolute Gasteiger partial charge is 0.358 e. The minimum absolute atomic E-state index is 0.0350. The maximum absolute atomic E-state index is 11.1. The molecule has 2 rings (SSSR count). The number of alkyl halides is 1. The third kappa shape index (κ3) is 2.02. The van der Waals surface area contributed by atoms with Gasteiger partial charge >= 0.3 is 5.82 Å². The average Bonchev–Trinajstić information content (AvgIpc) is 2.85. The molecule has 0 saturated heterocycles. The van der Waals surface area contributed by atoms with Gasteiger partial charge in [-0.1, -0.05) is 25.2 Å². The van der Waals surface area contributed by atoms with Crippen molar-refractivity contribution in [3.05, 3.63) is 27.4 Å². The zero-order valence-corrected chi connectivity index (χ0v) is 11.0. The monoisotopic (exact) mass is 273 g/mol. The van der Waals surface area contributed by atoms with Crippen LogP contribution < -0.4 is 0 Å². The van der Waals surface area contributed by atoms with Gasteiger partial charge in [0.1, 0.15) is 11.9 Å². The topological polar surface area (TPSA) is 60.4 Å². The molecule has 0 spiro atoms. The Hall–Kier alpha value is -1.14. The van der Waals surface area contributed by atoms with Crippen molar-refractivity contribution in [1.29, 1.82) is 0 Å². The Morgan fingerprint density at radius 2 is 2.41 bits per heavy atom. The molecule has 2 heterocycles. The second kappa shape index (κ2) is 4.62. The van der Waals surface area contributed by atoms with Crippen LogP contribution in [0.15, 0.2) is 11.6 Å². The van der Waals surface area contributed by atoms with Crippen LogP contribution in [0, 0.1) is 10.1 Å². The molecule has 5 nitrogen and oxygen atoms in total. The SMILES string of the molecule is CCC(Cl)C(C)c1nc2sccn2c1[N+](=O)[O-]. The molecule has 0 aliphatic rings. The summed E-state index contributed by atoms with van der Waals surface area (Å²) in [6, 6.07) is 0. The second-order valence-corrected chi connectivity index (χ2v) is 5.28. The fourth-order valence-electron chi connectivity index (χ4n) is 1.80. The van der Waals surface area contributed by atoms with Crippen molar-refractivity contribution in [1.82, 2.24) is 9.38 Å². The maximum Gasteiger partial charge on any atom is 0.352 e. The fraction of sp³-hybridized carbons (Fsp3) is 0.500. The van der Waals surface area contributed by atoms with Gasteiger partial charge in [-0.05, 0) is 11.3 Å². The first-order chi connectivity index (χ1) is 8.06. The lowest BCUT2D eigenvalue weighted by molar-refractivity contribution is -0.391. The lowest BCUT2D eigenvalue weighted by Gasteiger charge is -2.13. The zero-order chi connectivity index (χ0) is 12.6. The molecule has 0 aromatic carbocycles. The van der Waals surface area contributed by atoms with Gasteiger partial charge in [-0.3, -0.25) is 0 Å². The van der Waals surface area contributed by atoms with Gasteiger partial charge in [0.25, 0.3) is 4.96 Å². The highest BCUT2D eigenvalue weighted by molar-refractivity contribution is 7.15. The number of imidazole rings is 1. The van der Waals surface area contributed by atoms with Crippen molar-refractivity contribution < 1.29 is 4.92 Å². The first-order valence-corrected chi connectivity index (χ1v) is 6.61. The molecule has 0 N–H and O–H groups in total. The van der Waals surface area contributed by atoms with Crippen molar-refractivity contribution in [2.45, 2.75) is 31.6 Å². The van der Waals surface area contributed by atoms with Crippen LogP contribution in [-0.2, 0) is 0 Å². The van der Waals surface area contributed by atoms with E-state index in [1.54, 1.807) is 11.6 Å². The van der Waals surface area contributed by atoms with Crippen LogP contribution in [0.1, 0.15) is 31.9 Å². The summed E-state index contributed by atoms with van der Waals surface area (Å²) in [6.45, 7) is 3.83. The predicted octanol–water partition coefficient (Wildman–Crippen LogP) is 3.42. The lowest BCUT2D eigenvalue weighted by atomic mass is 10.0. The van der Waals surface area contributed by atoms with E-state index >= 15 is 0 Å². The van der Waals surface area contributed by atoms with Gasteiger partial charge in [-0.25, -0.2) is 0 Å². The molecule has 0 fully saturated rings. The van der Waals surface area contributed by atoms with Gasteiger partial charge in [0.15, 0.2) is 0 Å². The summed E-state index contributed by atoms with van der Waals surface area (Å²) in [7, 11) is 0. The van der Waals surface area contributed by atoms with Crippen LogP contribution in [0.3, 0.4) is 0 Å². The van der Waals surface area contributed by atoms with Gasteiger partial charge < -0.3 is 10.1 Å². The Balaban J connectivity index is 2.56. The molecule has 2 aromatic heterocycles. The quantitative estimate of drug-likeness (QED) is 0.487. The van der Waals surface area contributed by atoms with Crippen LogP contribution in [0.2, 0.25) is 0 Å². The van der Waals surface area contributed by atoms with Crippen LogP contribution in [0.4, 0.5) is 5.82 Å². The van der Waals surface area contributed by atoms with Crippen LogP contribution in [-0.4, -0.2) is 19.7 Å². The van der Waals surface area contributed by atoms with E-state index in [9.17, 15) is 10.1 Å². The number of thiazole rings is 1. The fourth-order valence-corrected chi connectivity index (χ4v) is 2.64. The average molecular weight is 274 g/mol. The van der Waals surface area contributed by atoms with E-state index in [-0.39, 0.29) is 17.1 Å². The van der Waals surface area contributed by atoms with E-state index in [2.05, 4.69) is 4.98 Å². The summed E-state index contributed by atoms with van der Waals surface area (Å²) in [5, 5.41) is 12.8. The summed E-state index contributed by atoms with van der Waals surface area (Å²) in [5.41, 5.74) is 0.476. The third-order valence-electron chi connectivity index (χ3n) is 2.80. The lowest BCUT2D eigenvalue weighted by Crippen LogP contribution is -2.11. The number of fused-ring (bicyclic) bond motifs is 1. The molecule has 2 aromatic rings. The first-order valence-electron chi connectivity index (χ1n) is 5.30. The van der Waals surface area contributed by atoms with E-state index in [4.69, 9.17) is 11.6 Å². The van der Waals surface area contributed by atoms with E-state index in [1.165, 1.54) is 15.7 Å². The maximum atomic E-state index is 11.1. The van der Waals surface area contributed by atoms with Gasteiger partial charge in [-0.15, -0.1) is 11.6 Å². The van der Waals surface area contributed by atoms with Crippen molar-refractivity contribution >= 4 is 33.7 Å². The number of aromatic nitrogens is 2. The number of nitrogens with zero attached hydrogens (tertiary/aromatic N) is 3. The molecule has 17 heavy (non-hydrogen) atoms. The highest BCUT2D eigenvalue weighted by Gasteiger charge is 2.30. The zero-order valence-electron chi connectivity index (χ0n) is 9.46. The summed E-state index contributed by atoms with van der Waals surface area (Å²) in [5.74, 6) is -0.0954. The van der Waals surface area contributed by atoms with Crippen molar-refractivity contribution in [3.63, 3.8) is 0 Å². The first kappa shape index (κ1) is 12.3. The Kier molecular flexibility index (Phi) is 3.35. The van der Waals surface area contributed by atoms with Crippen LogP contribution >= 0.6 is 22.9 Å². The Morgan fingerprint density at radius 1 is 1.71 bits per heavy atom. The van der Waals surface area contributed by atoms with Gasteiger partial charge in [0.2, 0.25) is 0 Å². The van der Waals surface area contributed by atoms with Crippen LogP contribution in [0.25, 0.3) is 4.96 Å². The molecule has 7 heteroatoms. The number of halogens is 1. The summed E-state index contributed by atoms with van der Waals surface area (Å²) < 4.78 is 1.51. The molecular formula is C10H12ClN3O2S. The molecule has 2 unspecified atom stereocenters. The standard InChI is InChI=1S/C10H12ClN3O2S/c1-3-7(11)6(2)8-9(14(15)16)13-4-5-17-10(13)12-8/h4-7H,3H2,1-2H3. The van der Waals surface area contributed by atoms with Crippen molar-refractivity contribution in [2.24, 2.45) is 0 Å². The van der Waals surface area contributed by atoms with Gasteiger partial charge in [0, 0.05) is 16.7 Å². The van der Waals surface area contributed by atoms with Gasteiger partial charge in [-0.2, -0.15) is 9.38 Å². The smallest absolute Gasteiger partial charge is 0.352 e. The molecule has 0 amide bonds. The summed E-state index contributed by atoms with van der Waals surface area (Å²) in [4.78, 5) is 15.7. The van der Waals surface area contributed by atoms with Crippen LogP contribution in [0.5, 0.6) is 0 Å². The number of hydrogen-bond donors (Lipinski definition) is 0. The van der Waals surface area contributed by atoms with E-state index < -0.39 is 4.92 Å². The Morgan fingerprint density at radius 3 is 3.00 bits per heavy atom. The molecular weight excluding hydrogens is 262 g/mol. The molecule has 2 atom stereocenters. The predicted molar refractivity (Wildman–Crippen MR) is 68.1 cm³/mol. The molecule has 0 aliphatic heterocycles. The third-order valence-corrected chi connectivity index (χ3v) is 4.24. The second-order valence-electron chi connectivity index (χ2n) is 3.85. The summed E-state index contributed by atoms with van der Waals surface area (Å²) in [6.07, 6.45) is 2.42. The molecule has 0 saturated carbocycles. The van der Waals surface area contributed by atoms with Crippen molar-refractivity contribution in [2.75, 3.05) is 0 Å². The molecule has 0 aliphatic carbocycles. The molecule has 0 bridgehead atoms. The number of hydrogen-bond acceptors (Lipinski definition) is 4. The van der Waals surface area contributed by atoms with E-state index in [0.717, 1.165) is 6.42 Å². The summed E-state index contributed by atoms with van der Waals surface area (Å²) >= 11 is 7.53. The minimum Gasteiger partial charge on any atom is -0.358 e. The Labute approximate surface area is 107 Å². The van der Waals surface area contributed by atoms with E-state index in [1.807, 2.05) is 13.8 Å². The normalized spacial score (nSPS) is 15.0. The number of nitro groups is 1. The highest BCUT2D eigenvalue weighted by atomic mass is 35.5. The molecule has 92 valence electrons. The van der Waals surface area contributed by atoms with Gasteiger partial charge in [0.05, 0.1) is 0 Å². The van der Waals surface area contributed by atoms with E-state index in [0.29, 0.717) is 10.7 Å². The highest BCUT2D eigenvalue weighted by Crippen LogP contribution is 2.33. The Bertz CT molecular complexity index is 551. The minimum atomic E-state index is -0.391. The number of rotatable bonds is 4. The molecule has 0 radical (unpaired) electrons. The van der Waals surface area contributed by atoms with Crippen molar-refractivity contribution in [3.8, 4) is 0 Å².